The van der Waals surface area contributed by atoms with Crippen LogP contribution in [0.1, 0.15) is 16.8 Å². The van der Waals surface area contributed by atoms with Gasteiger partial charge in [-0.15, -0.1) is 0 Å². The molecule has 0 spiro atoms. The SMILES string of the molecule is Cn1c(=O)c(Cc2ccc(C(=N)N)cc2)nc2cc(NS(=O)(=O)c3ccccc3)ccc21. The van der Waals surface area contributed by atoms with Crippen LogP contribution in [0, 0.1) is 5.41 Å². The van der Waals surface area contributed by atoms with Gasteiger partial charge in [0, 0.05) is 19.0 Å². The largest absolute Gasteiger partial charge is 0.384 e. The van der Waals surface area contributed by atoms with Gasteiger partial charge in [0.1, 0.15) is 11.5 Å². The van der Waals surface area contributed by atoms with Crippen molar-refractivity contribution in [3.8, 4) is 0 Å². The Bertz CT molecular complexity index is 1480. The van der Waals surface area contributed by atoms with Gasteiger partial charge in [0.25, 0.3) is 15.6 Å². The van der Waals surface area contributed by atoms with Gasteiger partial charge in [-0.2, -0.15) is 0 Å². The molecule has 0 radical (unpaired) electrons. The molecule has 0 atom stereocenters. The summed E-state index contributed by atoms with van der Waals surface area (Å²) in [6.45, 7) is 0. The van der Waals surface area contributed by atoms with E-state index in [-0.39, 0.29) is 16.3 Å². The lowest BCUT2D eigenvalue weighted by atomic mass is 10.1. The number of hydrogen-bond acceptors (Lipinski definition) is 5. The van der Waals surface area contributed by atoms with Crippen LogP contribution in [-0.2, 0) is 23.5 Å². The minimum Gasteiger partial charge on any atom is -0.384 e. The van der Waals surface area contributed by atoms with E-state index >= 15 is 0 Å². The van der Waals surface area contributed by atoms with E-state index in [4.69, 9.17) is 11.1 Å². The van der Waals surface area contributed by atoms with Gasteiger partial charge in [0.15, 0.2) is 0 Å². The summed E-state index contributed by atoms with van der Waals surface area (Å²) < 4.78 is 29.3. The van der Waals surface area contributed by atoms with Crippen molar-refractivity contribution in [2.75, 3.05) is 4.72 Å². The van der Waals surface area contributed by atoms with Crippen LogP contribution in [0.3, 0.4) is 0 Å². The Morgan fingerprint density at radius 3 is 2.41 bits per heavy atom. The summed E-state index contributed by atoms with van der Waals surface area (Å²) in [5.74, 6) is -0.0261. The first kappa shape index (κ1) is 21.3. The highest BCUT2D eigenvalue weighted by molar-refractivity contribution is 7.92. The molecule has 0 saturated heterocycles. The van der Waals surface area contributed by atoms with Crippen molar-refractivity contribution in [1.82, 2.24) is 9.55 Å². The van der Waals surface area contributed by atoms with Crippen molar-refractivity contribution in [2.45, 2.75) is 11.3 Å². The topological polar surface area (TPSA) is 131 Å². The van der Waals surface area contributed by atoms with Gasteiger partial charge in [-0.1, -0.05) is 42.5 Å². The van der Waals surface area contributed by atoms with E-state index in [0.29, 0.717) is 34.4 Å². The molecule has 0 amide bonds. The normalized spacial score (nSPS) is 11.4. The highest BCUT2D eigenvalue weighted by Gasteiger charge is 2.15. The maximum absolute atomic E-state index is 12.8. The van der Waals surface area contributed by atoms with Crippen molar-refractivity contribution < 1.29 is 8.42 Å². The molecule has 0 aliphatic heterocycles. The first-order chi connectivity index (χ1) is 15.2. The molecule has 1 heterocycles. The number of sulfonamides is 1. The standard InChI is InChI=1S/C23H21N5O3S/c1-28-21-12-11-17(27-32(30,31)18-5-3-2-4-6-18)14-19(21)26-20(23(28)29)13-15-7-9-16(10-8-15)22(24)25/h2-12,14,27H,13H2,1H3,(H3,24,25). The van der Waals surface area contributed by atoms with E-state index in [1.165, 1.54) is 16.7 Å². The van der Waals surface area contributed by atoms with Crippen LogP contribution in [0.15, 0.2) is 82.5 Å². The number of aryl methyl sites for hydroxylation is 1. The zero-order chi connectivity index (χ0) is 22.9. The van der Waals surface area contributed by atoms with Gasteiger partial charge < -0.3 is 10.3 Å². The van der Waals surface area contributed by atoms with E-state index < -0.39 is 10.0 Å². The first-order valence-corrected chi connectivity index (χ1v) is 11.2. The molecule has 4 aromatic rings. The minimum atomic E-state index is -3.74. The third-order valence-electron chi connectivity index (χ3n) is 5.09. The molecule has 0 fully saturated rings. The van der Waals surface area contributed by atoms with E-state index in [1.807, 2.05) is 0 Å². The second-order valence-electron chi connectivity index (χ2n) is 7.33. The fraction of sp³-hybridized carbons (Fsp3) is 0.0870. The summed E-state index contributed by atoms with van der Waals surface area (Å²) in [7, 11) is -2.09. The van der Waals surface area contributed by atoms with E-state index in [1.54, 1.807) is 67.7 Å². The molecule has 1 aromatic heterocycles. The lowest BCUT2D eigenvalue weighted by molar-refractivity contribution is 0.601. The van der Waals surface area contributed by atoms with Gasteiger partial charge in [-0.25, -0.2) is 13.4 Å². The van der Waals surface area contributed by atoms with E-state index in [2.05, 4.69) is 9.71 Å². The van der Waals surface area contributed by atoms with Crippen LogP contribution in [0.4, 0.5) is 5.69 Å². The van der Waals surface area contributed by atoms with Gasteiger partial charge in [-0.05, 0) is 35.9 Å². The molecule has 3 aromatic carbocycles. The van der Waals surface area contributed by atoms with Gasteiger partial charge in [-0.3, -0.25) is 14.9 Å². The molecular formula is C23H21N5O3S. The van der Waals surface area contributed by atoms with Crippen LogP contribution in [0.5, 0.6) is 0 Å². The number of anilines is 1. The molecule has 0 saturated carbocycles. The van der Waals surface area contributed by atoms with Crippen molar-refractivity contribution in [3.63, 3.8) is 0 Å². The number of nitrogens with two attached hydrogens (primary N) is 1. The smallest absolute Gasteiger partial charge is 0.272 e. The summed E-state index contributed by atoms with van der Waals surface area (Å²) in [4.78, 5) is 17.5. The van der Waals surface area contributed by atoms with Crippen LogP contribution in [0.25, 0.3) is 11.0 Å². The summed E-state index contributed by atoms with van der Waals surface area (Å²) in [6, 6.07) is 20.0. The third kappa shape index (κ3) is 4.23. The Balaban J connectivity index is 1.69. The fourth-order valence-electron chi connectivity index (χ4n) is 3.38. The lowest BCUT2D eigenvalue weighted by Gasteiger charge is -2.12. The zero-order valence-corrected chi connectivity index (χ0v) is 18.1. The monoisotopic (exact) mass is 447 g/mol. The predicted octanol–water partition coefficient (Wildman–Crippen LogP) is 2.61. The molecule has 0 bridgehead atoms. The predicted molar refractivity (Wildman–Crippen MR) is 124 cm³/mol. The molecule has 9 heteroatoms. The minimum absolute atomic E-state index is 0.0261. The number of benzene rings is 3. The second-order valence-corrected chi connectivity index (χ2v) is 9.01. The maximum Gasteiger partial charge on any atom is 0.272 e. The molecule has 32 heavy (non-hydrogen) atoms. The quantitative estimate of drug-likeness (QED) is 0.309. The van der Waals surface area contributed by atoms with Crippen molar-refractivity contribution in [1.29, 1.82) is 5.41 Å². The molecule has 0 aliphatic rings. The van der Waals surface area contributed by atoms with Crippen molar-refractivity contribution in [3.05, 3.63) is 100.0 Å². The number of amidine groups is 1. The average Bonchev–Trinajstić information content (AvgIpc) is 2.78. The highest BCUT2D eigenvalue weighted by atomic mass is 32.2. The molecule has 4 rings (SSSR count). The Morgan fingerprint density at radius 1 is 1.06 bits per heavy atom. The van der Waals surface area contributed by atoms with Gasteiger partial charge in [0.2, 0.25) is 0 Å². The molecule has 0 unspecified atom stereocenters. The third-order valence-corrected chi connectivity index (χ3v) is 6.48. The number of rotatable bonds is 6. The Kier molecular flexibility index (Phi) is 5.50. The van der Waals surface area contributed by atoms with Gasteiger partial charge >= 0.3 is 0 Å². The molecular weight excluding hydrogens is 426 g/mol. The van der Waals surface area contributed by atoms with Gasteiger partial charge in [0.05, 0.1) is 21.6 Å². The first-order valence-electron chi connectivity index (χ1n) is 9.75. The Labute approximate surface area is 184 Å². The van der Waals surface area contributed by atoms with Crippen LogP contribution < -0.4 is 16.0 Å². The van der Waals surface area contributed by atoms with Crippen LogP contribution in [0.2, 0.25) is 0 Å². The second kappa shape index (κ2) is 8.27. The van der Waals surface area contributed by atoms with Crippen molar-refractivity contribution in [2.24, 2.45) is 12.8 Å². The Hall–Kier alpha value is -3.98. The number of fused-ring (bicyclic) bond motifs is 1. The van der Waals surface area contributed by atoms with Crippen molar-refractivity contribution >= 4 is 32.6 Å². The zero-order valence-electron chi connectivity index (χ0n) is 17.2. The number of hydrogen-bond donors (Lipinski definition) is 3. The number of aromatic nitrogens is 2. The lowest BCUT2D eigenvalue weighted by Crippen LogP contribution is -2.23. The van der Waals surface area contributed by atoms with Crippen LogP contribution in [-0.4, -0.2) is 23.8 Å². The summed E-state index contributed by atoms with van der Waals surface area (Å²) in [5, 5.41) is 7.48. The maximum atomic E-state index is 12.8. The Morgan fingerprint density at radius 2 is 1.75 bits per heavy atom. The summed E-state index contributed by atoms with van der Waals surface area (Å²) in [5.41, 5.74) is 8.47. The highest BCUT2D eigenvalue weighted by Crippen LogP contribution is 2.20. The average molecular weight is 448 g/mol. The summed E-state index contributed by atoms with van der Waals surface area (Å²) >= 11 is 0. The molecule has 4 N–H and O–H groups in total. The fourth-order valence-corrected chi connectivity index (χ4v) is 4.45. The number of nitrogens with one attached hydrogen (secondary N) is 2. The summed E-state index contributed by atoms with van der Waals surface area (Å²) in [6.07, 6.45) is 0.292. The number of nitrogens with zero attached hydrogens (tertiary/aromatic N) is 2. The van der Waals surface area contributed by atoms with Crippen LogP contribution >= 0.6 is 0 Å². The molecule has 162 valence electrons. The molecule has 0 aliphatic carbocycles. The molecule has 8 nitrogen and oxygen atoms in total. The van der Waals surface area contributed by atoms with E-state index in [9.17, 15) is 13.2 Å². The van der Waals surface area contributed by atoms with E-state index in [0.717, 1.165) is 5.56 Å². The number of nitrogen functional groups attached to an aromatic ring is 1.